The quantitative estimate of drug-likeness (QED) is 0.685. The van der Waals surface area contributed by atoms with Gasteiger partial charge in [-0.15, -0.1) is 0 Å². The first kappa shape index (κ1) is 13.7. The molecule has 0 aliphatic carbocycles. The van der Waals surface area contributed by atoms with Gasteiger partial charge in [0.1, 0.15) is 0 Å². The van der Waals surface area contributed by atoms with E-state index in [-0.39, 0.29) is 11.4 Å². The minimum Gasteiger partial charge on any atom is -0.476 e. The summed E-state index contributed by atoms with van der Waals surface area (Å²) in [5.74, 6) is -1.13. The highest BCUT2D eigenvalue weighted by Gasteiger charge is 2.18. The fourth-order valence-electron chi connectivity index (χ4n) is 2.08. The first-order valence-electron chi connectivity index (χ1n) is 5.87. The maximum atomic E-state index is 11.0. The van der Waals surface area contributed by atoms with Crippen LogP contribution in [0.3, 0.4) is 0 Å². The minimum absolute atomic E-state index is 0.0163. The normalized spacial score (nSPS) is 10.6. The van der Waals surface area contributed by atoms with Crippen LogP contribution in [0.15, 0.2) is 18.2 Å². The molecular weight excluding hydrogens is 262 g/mol. The van der Waals surface area contributed by atoms with Crippen molar-refractivity contribution in [3.8, 4) is 5.69 Å². The van der Waals surface area contributed by atoms with E-state index in [0.29, 0.717) is 16.9 Å². The SMILES string of the molecule is Cc1cc(C)c([N+](=O)[O-])cc1-n1nc(C(=O)O)cc1C. The highest BCUT2D eigenvalue weighted by Crippen LogP contribution is 2.26. The second kappa shape index (κ2) is 4.76. The van der Waals surface area contributed by atoms with E-state index in [9.17, 15) is 14.9 Å². The fraction of sp³-hybridized carbons (Fsp3) is 0.231. The predicted octanol–water partition coefficient (Wildman–Crippen LogP) is 2.40. The van der Waals surface area contributed by atoms with Crippen molar-refractivity contribution in [3.63, 3.8) is 0 Å². The van der Waals surface area contributed by atoms with Gasteiger partial charge in [0.2, 0.25) is 0 Å². The Hall–Kier alpha value is -2.70. The van der Waals surface area contributed by atoms with Crippen LogP contribution in [-0.4, -0.2) is 25.8 Å². The lowest BCUT2D eigenvalue weighted by Crippen LogP contribution is -2.05. The largest absolute Gasteiger partial charge is 0.476 e. The Bertz CT molecular complexity index is 719. The van der Waals surface area contributed by atoms with Crippen molar-refractivity contribution in [2.75, 3.05) is 0 Å². The van der Waals surface area contributed by atoms with Crippen LogP contribution in [0.2, 0.25) is 0 Å². The third-order valence-corrected chi connectivity index (χ3v) is 3.05. The van der Waals surface area contributed by atoms with Crippen LogP contribution >= 0.6 is 0 Å². The summed E-state index contributed by atoms with van der Waals surface area (Å²) in [5, 5.41) is 23.9. The van der Waals surface area contributed by atoms with E-state index >= 15 is 0 Å². The molecule has 7 nitrogen and oxygen atoms in total. The highest BCUT2D eigenvalue weighted by molar-refractivity contribution is 5.85. The molecular formula is C13H13N3O4. The number of carbonyl (C=O) groups is 1. The van der Waals surface area contributed by atoms with E-state index in [1.807, 2.05) is 0 Å². The molecule has 0 aliphatic rings. The van der Waals surface area contributed by atoms with Crippen molar-refractivity contribution >= 4 is 11.7 Å². The molecule has 2 aromatic rings. The Labute approximate surface area is 114 Å². The Morgan fingerprint density at radius 3 is 2.40 bits per heavy atom. The van der Waals surface area contributed by atoms with Crippen LogP contribution in [-0.2, 0) is 0 Å². The molecule has 1 aromatic heterocycles. The molecule has 104 valence electrons. The summed E-state index contributed by atoms with van der Waals surface area (Å²) in [6.07, 6.45) is 0. The van der Waals surface area contributed by atoms with Gasteiger partial charge in [0.15, 0.2) is 5.69 Å². The minimum atomic E-state index is -1.13. The number of hydrogen-bond acceptors (Lipinski definition) is 4. The number of nitro groups is 1. The second-order valence-electron chi connectivity index (χ2n) is 4.57. The lowest BCUT2D eigenvalue weighted by atomic mass is 10.1. The molecule has 0 aliphatic heterocycles. The van der Waals surface area contributed by atoms with Crippen molar-refractivity contribution in [3.05, 3.63) is 50.8 Å². The summed E-state index contributed by atoms with van der Waals surface area (Å²) < 4.78 is 1.41. The van der Waals surface area contributed by atoms with Gasteiger partial charge in [-0.1, -0.05) is 0 Å². The van der Waals surface area contributed by atoms with E-state index in [1.165, 1.54) is 16.8 Å². The molecule has 0 radical (unpaired) electrons. The van der Waals surface area contributed by atoms with Gasteiger partial charge >= 0.3 is 5.97 Å². The number of nitro benzene ring substituents is 1. The van der Waals surface area contributed by atoms with Gasteiger partial charge in [-0.25, -0.2) is 9.48 Å². The molecule has 0 saturated carbocycles. The number of rotatable bonds is 3. The summed E-state index contributed by atoms with van der Waals surface area (Å²) in [7, 11) is 0. The smallest absolute Gasteiger partial charge is 0.356 e. The zero-order valence-corrected chi connectivity index (χ0v) is 11.2. The van der Waals surface area contributed by atoms with Crippen molar-refractivity contribution in [2.24, 2.45) is 0 Å². The maximum absolute atomic E-state index is 11.0. The molecule has 2 rings (SSSR count). The number of nitrogens with zero attached hydrogens (tertiary/aromatic N) is 3. The molecule has 0 fully saturated rings. The monoisotopic (exact) mass is 275 g/mol. The average Bonchev–Trinajstić information content (AvgIpc) is 2.71. The van der Waals surface area contributed by atoms with Crippen LogP contribution in [0.25, 0.3) is 5.69 Å². The summed E-state index contributed by atoms with van der Waals surface area (Å²) in [6, 6.07) is 4.53. The van der Waals surface area contributed by atoms with Gasteiger partial charge in [0, 0.05) is 17.3 Å². The number of benzene rings is 1. The number of hydrogen-bond donors (Lipinski definition) is 1. The summed E-state index contributed by atoms with van der Waals surface area (Å²) >= 11 is 0. The highest BCUT2D eigenvalue weighted by atomic mass is 16.6. The zero-order valence-electron chi connectivity index (χ0n) is 11.2. The molecule has 20 heavy (non-hydrogen) atoms. The fourth-order valence-corrected chi connectivity index (χ4v) is 2.08. The molecule has 1 aromatic carbocycles. The third kappa shape index (κ3) is 2.25. The topological polar surface area (TPSA) is 98.3 Å². The summed E-state index contributed by atoms with van der Waals surface area (Å²) in [6.45, 7) is 5.16. The maximum Gasteiger partial charge on any atom is 0.356 e. The second-order valence-corrected chi connectivity index (χ2v) is 4.57. The van der Waals surface area contributed by atoms with Crippen LogP contribution < -0.4 is 0 Å². The van der Waals surface area contributed by atoms with Crippen molar-refractivity contribution in [2.45, 2.75) is 20.8 Å². The first-order valence-corrected chi connectivity index (χ1v) is 5.87. The third-order valence-electron chi connectivity index (χ3n) is 3.05. The van der Waals surface area contributed by atoms with E-state index in [4.69, 9.17) is 5.11 Å². The van der Waals surface area contributed by atoms with Crippen LogP contribution in [0.1, 0.15) is 27.3 Å². The standard InChI is InChI=1S/C13H13N3O4/c1-7-4-8(2)12(16(19)20)6-11(7)15-9(3)5-10(14-15)13(17)18/h4-6H,1-3H3,(H,17,18). The summed E-state index contributed by atoms with van der Waals surface area (Å²) in [4.78, 5) is 21.5. The lowest BCUT2D eigenvalue weighted by Gasteiger charge is -2.09. The number of carboxylic acids is 1. The van der Waals surface area contributed by atoms with Gasteiger partial charge in [0.05, 0.1) is 10.6 Å². The van der Waals surface area contributed by atoms with E-state index in [2.05, 4.69) is 5.10 Å². The van der Waals surface area contributed by atoms with E-state index in [0.717, 1.165) is 5.56 Å². The molecule has 0 unspecified atom stereocenters. The molecule has 0 saturated heterocycles. The predicted molar refractivity (Wildman–Crippen MR) is 71.4 cm³/mol. The van der Waals surface area contributed by atoms with Gasteiger partial charge in [-0.05, 0) is 38.5 Å². The van der Waals surface area contributed by atoms with Gasteiger partial charge in [-0.3, -0.25) is 10.1 Å². The van der Waals surface area contributed by atoms with Gasteiger partial charge in [0.25, 0.3) is 5.69 Å². The molecule has 0 atom stereocenters. The molecule has 0 bridgehead atoms. The van der Waals surface area contributed by atoms with Crippen LogP contribution in [0.4, 0.5) is 5.69 Å². The lowest BCUT2D eigenvalue weighted by molar-refractivity contribution is -0.385. The molecule has 1 heterocycles. The van der Waals surface area contributed by atoms with Crippen molar-refractivity contribution in [1.82, 2.24) is 9.78 Å². The summed E-state index contributed by atoms with van der Waals surface area (Å²) in [5.41, 5.74) is 2.34. The van der Waals surface area contributed by atoms with Crippen molar-refractivity contribution in [1.29, 1.82) is 0 Å². The zero-order chi connectivity index (χ0) is 15.0. The molecule has 1 N–H and O–H groups in total. The van der Waals surface area contributed by atoms with Crippen molar-refractivity contribution < 1.29 is 14.8 Å². The average molecular weight is 275 g/mol. The van der Waals surface area contributed by atoms with Crippen LogP contribution in [0, 0.1) is 30.9 Å². The number of aryl methyl sites for hydroxylation is 3. The van der Waals surface area contributed by atoms with E-state index < -0.39 is 10.9 Å². The van der Waals surface area contributed by atoms with E-state index in [1.54, 1.807) is 26.8 Å². The van der Waals surface area contributed by atoms with Gasteiger partial charge in [-0.2, -0.15) is 5.10 Å². The Balaban J connectivity index is 2.66. The molecule has 0 spiro atoms. The number of aromatic carboxylic acids is 1. The molecule has 0 amide bonds. The Kier molecular flexibility index (Phi) is 3.27. The first-order chi connectivity index (χ1) is 9.31. The number of aromatic nitrogens is 2. The number of carboxylic acid groups (broad SMARTS) is 1. The Morgan fingerprint density at radius 1 is 1.25 bits per heavy atom. The van der Waals surface area contributed by atoms with Crippen LogP contribution in [0.5, 0.6) is 0 Å². The van der Waals surface area contributed by atoms with Gasteiger partial charge < -0.3 is 5.11 Å². The Morgan fingerprint density at radius 2 is 1.90 bits per heavy atom. The molecule has 7 heteroatoms.